The van der Waals surface area contributed by atoms with E-state index in [2.05, 4.69) is 19.2 Å². The van der Waals surface area contributed by atoms with E-state index in [1.807, 2.05) is 6.92 Å². The van der Waals surface area contributed by atoms with Crippen LogP contribution in [0.3, 0.4) is 0 Å². The second kappa shape index (κ2) is 7.26. The van der Waals surface area contributed by atoms with Gasteiger partial charge in [0, 0.05) is 13.5 Å². The van der Waals surface area contributed by atoms with Crippen LogP contribution in [-0.4, -0.2) is 25.5 Å². The maximum atomic E-state index is 11.3. The summed E-state index contributed by atoms with van der Waals surface area (Å²) >= 11 is 0. The van der Waals surface area contributed by atoms with Crippen LogP contribution in [0.4, 0.5) is 0 Å². The Kier molecular flexibility index (Phi) is 6.75. The molecule has 0 aromatic rings. The normalized spacial score (nSPS) is 12.3. The molecule has 0 rings (SSSR count). The summed E-state index contributed by atoms with van der Waals surface area (Å²) in [6.45, 7) is 6.07. The Balaban J connectivity index is 3.69. The SMILES string of the molecule is CNC(=O)COC(=O)C[C@H](C)CC(C)C. The Hall–Kier alpha value is -1.06. The van der Waals surface area contributed by atoms with Gasteiger partial charge < -0.3 is 10.1 Å². The van der Waals surface area contributed by atoms with Gasteiger partial charge in [-0.25, -0.2) is 0 Å². The van der Waals surface area contributed by atoms with Gasteiger partial charge in [-0.1, -0.05) is 20.8 Å². The van der Waals surface area contributed by atoms with Crippen molar-refractivity contribution in [2.75, 3.05) is 13.7 Å². The first-order valence-corrected chi connectivity index (χ1v) is 5.31. The van der Waals surface area contributed by atoms with Gasteiger partial charge in [0.1, 0.15) is 0 Å². The van der Waals surface area contributed by atoms with Crippen molar-refractivity contribution in [1.29, 1.82) is 0 Å². The zero-order valence-corrected chi connectivity index (χ0v) is 10.0. The van der Waals surface area contributed by atoms with Crippen molar-refractivity contribution in [3.05, 3.63) is 0 Å². The fourth-order valence-electron chi connectivity index (χ4n) is 1.45. The molecule has 0 fully saturated rings. The molecule has 88 valence electrons. The highest BCUT2D eigenvalue weighted by Gasteiger charge is 2.12. The highest BCUT2D eigenvalue weighted by Crippen LogP contribution is 2.14. The number of carbonyl (C=O) groups excluding carboxylic acids is 2. The van der Waals surface area contributed by atoms with E-state index in [1.165, 1.54) is 7.05 Å². The topological polar surface area (TPSA) is 55.4 Å². The van der Waals surface area contributed by atoms with Crippen molar-refractivity contribution < 1.29 is 14.3 Å². The van der Waals surface area contributed by atoms with Gasteiger partial charge in [0.05, 0.1) is 0 Å². The van der Waals surface area contributed by atoms with Crippen LogP contribution in [0.1, 0.15) is 33.6 Å². The van der Waals surface area contributed by atoms with Gasteiger partial charge >= 0.3 is 5.97 Å². The Morgan fingerprint density at radius 2 is 1.87 bits per heavy atom. The highest BCUT2D eigenvalue weighted by molar-refractivity contribution is 5.80. The quantitative estimate of drug-likeness (QED) is 0.680. The van der Waals surface area contributed by atoms with E-state index >= 15 is 0 Å². The standard InChI is InChI=1S/C11H21NO3/c1-8(2)5-9(3)6-11(14)15-7-10(13)12-4/h8-9H,5-7H2,1-4H3,(H,12,13)/t9-/m1/s1. The van der Waals surface area contributed by atoms with E-state index in [4.69, 9.17) is 4.74 Å². The van der Waals surface area contributed by atoms with E-state index in [1.54, 1.807) is 0 Å². The second-order valence-electron chi connectivity index (χ2n) is 4.27. The van der Waals surface area contributed by atoms with Gasteiger partial charge in [-0.2, -0.15) is 0 Å². The van der Waals surface area contributed by atoms with Gasteiger partial charge in [-0.3, -0.25) is 9.59 Å². The van der Waals surface area contributed by atoms with Crippen LogP contribution < -0.4 is 5.32 Å². The van der Waals surface area contributed by atoms with E-state index < -0.39 is 0 Å². The third-order valence-electron chi connectivity index (χ3n) is 2.03. The second-order valence-corrected chi connectivity index (χ2v) is 4.27. The third-order valence-corrected chi connectivity index (χ3v) is 2.03. The van der Waals surface area contributed by atoms with Crippen LogP contribution in [0, 0.1) is 11.8 Å². The molecule has 1 amide bonds. The molecule has 0 radical (unpaired) electrons. The monoisotopic (exact) mass is 215 g/mol. The lowest BCUT2D eigenvalue weighted by molar-refractivity contribution is -0.149. The zero-order valence-electron chi connectivity index (χ0n) is 10.0. The van der Waals surface area contributed by atoms with Crippen molar-refractivity contribution in [2.24, 2.45) is 11.8 Å². The summed E-state index contributed by atoms with van der Waals surface area (Å²) in [5.74, 6) is 0.306. The van der Waals surface area contributed by atoms with Crippen LogP contribution in [0.5, 0.6) is 0 Å². The smallest absolute Gasteiger partial charge is 0.306 e. The highest BCUT2D eigenvalue weighted by atomic mass is 16.5. The van der Waals surface area contributed by atoms with Gasteiger partial charge in [0.25, 0.3) is 5.91 Å². The van der Waals surface area contributed by atoms with Crippen LogP contribution in [-0.2, 0) is 14.3 Å². The maximum Gasteiger partial charge on any atom is 0.306 e. The molecule has 1 N–H and O–H groups in total. The fraction of sp³-hybridized carbons (Fsp3) is 0.818. The van der Waals surface area contributed by atoms with E-state index in [9.17, 15) is 9.59 Å². The fourth-order valence-corrected chi connectivity index (χ4v) is 1.45. The van der Waals surface area contributed by atoms with Gasteiger partial charge in [-0.15, -0.1) is 0 Å². The molecule has 0 saturated heterocycles. The average molecular weight is 215 g/mol. The van der Waals surface area contributed by atoms with Crippen LogP contribution >= 0.6 is 0 Å². The lowest BCUT2D eigenvalue weighted by atomic mass is 9.96. The molecule has 0 aliphatic carbocycles. The minimum atomic E-state index is -0.299. The summed E-state index contributed by atoms with van der Waals surface area (Å²) in [7, 11) is 1.51. The number of likely N-dealkylation sites (N-methyl/N-ethyl adjacent to an activating group) is 1. The molecule has 0 aliphatic heterocycles. The van der Waals surface area contributed by atoms with E-state index in [0.717, 1.165) is 6.42 Å². The van der Waals surface area contributed by atoms with Crippen molar-refractivity contribution >= 4 is 11.9 Å². The summed E-state index contributed by atoms with van der Waals surface area (Å²) in [5.41, 5.74) is 0. The van der Waals surface area contributed by atoms with Crippen LogP contribution in [0.15, 0.2) is 0 Å². The summed E-state index contributed by atoms with van der Waals surface area (Å²) in [6.07, 6.45) is 1.38. The van der Waals surface area contributed by atoms with E-state index in [-0.39, 0.29) is 18.5 Å². The molecule has 4 heteroatoms. The minimum Gasteiger partial charge on any atom is -0.456 e. The molecule has 0 saturated carbocycles. The van der Waals surface area contributed by atoms with Crippen molar-refractivity contribution in [1.82, 2.24) is 5.32 Å². The summed E-state index contributed by atoms with van der Waals surface area (Å²) in [6, 6.07) is 0. The Morgan fingerprint density at radius 3 is 2.33 bits per heavy atom. The summed E-state index contributed by atoms with van der Waals surface area (Å²) in [5, 5.41) is 2.39. The summed E-state index contributed by atoms with van der Waals surface area (Å²) in [4.78, 5) is 22.0. The van der Waals surface area contributed by atoms with Crippen molar-refractivity contribution in [3.63, 3.8) is 0 Å². The molecular weight excluding hydrogens is 194 g/mol. The lowest BCUT2D eigenvalue weighted by Gasteiger charge is -2.12. The van der Waals surface area contributed by atoms with Gasteiger partial charge in [0.15, 0.2) is 6.61 Å². The summed E-state index contributed by atoms with van der Waals surface area (Å²) < 4.78 is 4.80. The molecule has 15 heavy (non-hydrogen) atoms. The Bertz CT molecular complexity index is 214. The number of amides is 1. The molecule has 0 aromatic heterocycles. The maximum absolute atomic E-state index is 11.3. The van der Waals surface area contributed by atoms with Crippen molar-refractivity contribution in [3.8, 4) is 0 Å². The molecule has 0 aromatic carbocycles. The predicted molar refractivity (Wildman–Crippen MR) is 58.3 cm³/mol. The number of hydrogen-bond acceptors (Lipinski definition) is 3. The minimum absolute atomic E-state index is 0.177. The van der Waals surface area contributed by atoms with E-state index in [0.29, 0.717) is 18.3 Å². The number of rotatable bonds is 6. The number of carbonyl (C=O) groups is 2. The third kappa shape index (κ3) is 7.97. The number of ether oxygens (including phenoxy) is 1. The van der Waals surface area contributed by atoms with Gasteiger partial charge in [-0.05, 0) is 18.3 Å². The average Bonchev–Trinajstić information content (AvgIpc) is 2.12. The van der Waals surface area contributed by atoms with Crippen molar-refractivity contribution in [2.45, 2.75) is 33.6 Å². The molecule has 0 aliphatic rings. The lowest BCUT2D eigenvalue weighted by Crippen LogP contribution is -2.25. The number of hydrogen-bond donors (Lipinski definition) is 1. The molecule has 0 bridgehead atoms. The molecule has 0 heterocycles. The Morgan fingerprint density at radius 1 is 1.27 bits per heavy atom. The Labute approximate surface area is 91.4 Å². The van der Waals surface area contributed by atoms with Crippen LogP contribution in [0.25, 0.3) is 0 Å². The predicted octanol–water partition coefficient (Wildman–Crippen LogP) is 1.35. The molecule has 0 spiro atoms. The molecule has 1 atom stereocenters. The van der Waals surface area contributed by atoms with Crippen LogP contribution in [0.2, 0.25) is 0 Å². The number of esters is 1. The molecular formula is C11H21NO3. The first kappa shape index (κ1) is 13.9. The molecule has 4 nitrogen and oxygen atoms in total. The molecule has 0 unspecified atom stereocenters. The number of nitrogens with one attached hydrogen (secondary N) is 1. The zero-order chi connectivity index (χ0) is 11.8. The first-order valence-electron chi connectivity index (χ1n) is 5.31. The largest absolute Gasteiger partial charge is 0.456 e. The van der Waals surface area contributed by atoms with Gasteiger partial charge in [0.2, 0.25) is 0 Å². The first-order chi connectivity index (χ1) is 6.95.